The van der Waals surface area contributed by atoms with Crippen LogP contribution in [-0.4, -0.2) is 28.4 Å². The number of rotatable bonds is 6. The topological polar surface area (TPSA) is 79.7 Å². The number of aromatic nitrogens is 1. The van der Waals surface area contributed by atoms with Gasteiger partial charge in [0.25, 0.3) is 11.7 Å². The highest BCUT2D eigenvalue weighted by Gasteiger charge is 2.48. The second-order valence-corrected chi connectivity index (χ2v) is 8.88. The monoisotopic (exact) mass is 456 g/mol. The van der Waals surface area contributed by atoms with Gasteiger partial charge in [0.1, 0.15) is 17.6 Å². The van der Waals surface area contributed by atoms with E-state index in [1.54, 1.807) is 48.7 Å². The predicted octanol–water partition coefficient (Wildman–Crippen LogP) is 5.36. The van der Waals surface area contributed by atoms with Crippen LogP contribution < -0.4 is 9.64 Å². The molecule has 0 aliphatic carbocycles. The van der Waals surface area contributed by atoms with E-state index in [2.05, 4.69) is 4.98 Å². The number of carbonyl (C=O) groups excluding carboxylic acids is 2. The SMILES string of the molecule is Cc1cccc(N2C(=O)C(=O)/C(=C(/O)c3cccc(OCC(C)C)c3)C2c2ccccn2)c1C. The van der Waals surface area contributed by atoms with Crippen molar-refractivity contribution in [3.63, 3.8) is 0 Å². The molecule has 3 aromatic rings. The van der Waals surface area contributed by atoms with Gasteiger partial charge in [-0.25, -0.2) is 0 Å². The van der Waals surface area contributed by atoms with Crippen molar-refractivity contribution in [2.75, 3.05) is 11.5 Å². The van der Waals surface area contributed by atoms with E-state index in [4.69, 9.17) is 4.74 Å². The van der Waals surface area contributed by atoms with Gasteiger partial charge in [0, 0.05) is 17.4 Å². The van der Waals surface area contributed by atoms with Crippen LogP contribution in [0.25, 0.3) is 5.76 Å². The van der Waals surface area contributed by atoms with E-state index in [0.717, 1.165) is 11.1 Å². The molecule has 1 aliphatic rings. The van der Waals surface area contributed by atoms with Crippen molar-refractivity contribution in [2.45, 2.75) is 33.7 Å². The number of hydrogen-bond donors (Lipinski definition) is 1. The van der Waals surface area contributed by atoms with Gasteiger partial charge in [-0.1, -0.05) is 44.2 Å². The molecule has 0 radical (unpaired) electrons. The highest BCUT2D eigenvalue weighted by molar-refractivity contribution is 6.51. The largest absolute Gasteiger partial charge is 0.507 e. The Morgan fingerprint density at radius 3 is 2.53 bits per heavy atom. The Morgan fingerprint density at radius 2 is 1.82 bits per heavy atom. The Labute approximate surface area is 199 Å². The van der Waals surface area contributed by atoms with Crippen molar-refractivity contribution >= 4 is 23.1 Å². The molecule has 174 valence electrons. The summed E-state index contributed by atoms with van der Waals surface area (Å²) in [6.45, 7) is 8.48. The van der Waals surface area contributed by atoms with Crippen molar-refractivity contribution in [2.24, 2.45) is 5.92 Å². The fourth-order valence-electron chi connectivity index (χ4n) is 4.05. The molecule has 2 heterocycles. The lowest BCUT2D eigenvalue weighted by molar-refractivity contribution is -0.132. The first-order chi connectivity index (χ1) is 16.3. The van der Waals surface area contributed by atoms with Crippen LogP contribution >= 0.6 is 0 Å². The summed E-state index contributed by atoms with van der Waals surface area (Å²) >= 11 is 0. The number of amides is 1. The maximum absolute atomic E-state index is 13.3. The molecule has 1 unspecified atom stereocenters. The van der Waals surface area contributed by atoms with Crippen LogP contribution in [0.15, 0.2) is 72.4 Å². The minimum absolute atomic E-state index is 0.00520. The van der Waals surface area contributed by atoms with E-state index < -0.39 is 17.7 Å². The number of nitrogens with zero attached hydrogens (tertiary/aromatic N) is 2. The van der Waals surface area contributed by atoms with Crippen LogP contribution in [0.1, 0.15) is 42.3 Å². The molecule has 1 saturated heterocycles. The zero-order valence-corrected chi connectivity index (χ0v) is 19.8. The summed E-state index contributed by atoms with van der Waals surface area (Å²) in [5.41, 5.74) is 3.40. The van der Waals surface area contributed by atoms with Gasteiger partial charge >= 0.3 is 0 Å². The molecule has 34 heavy (non-hydrogen) atoms. The van der Waals surface area contributed by atoms with Crippen LogP contribution in [0.2, 0.25) is 0 Å². The van der Waals surface area contributed by atoms with Gasteiger partial charge in [-0.3, -0.25) is 19.5 Å². The second-order valence-electron chi connectivity index (χ2n) is 8.88. The molecule has 4 rings (SSSR count). The van der Waals surface area contributed by atoms with Gasteiger partial charge in [0.15, 0.2) is 0 Å². The maximum atomic E-state index is 13.3. The number of ether oxygens (including phenoxy) is 1. The fourth-order valence-corrected chi connectivity index (χ4v) is 4.05. The summed E-state index contributed by atoms with van der Waals surface area (Å²) in [7, 11) is 0. The lowest BCUT2D eigenvalue weighted by Crippen LogP contribution is -2.30. The Hall–Kier alpha value is -3.93. The number of hydrogen-bond acceptors (Lipinski definition) is 5. The molecule has 0 spiro atoms. The van der Waals surface area contributed by atoms with E-state index in [-0.39, 0.29) is 11.3 Å². The van der Waals surface area contributed by atoms with Crippen molar-refractivity contribution in [1.82, 2.24) is 4.98 Å². The molecular formula is C28H28N2O4. The normalized spacial score (nSPS) is 17.4. The van der Waals surface area contributed by atoms with E-state index >= 15 is 0 Å². The average molecular weight is 457 g/mol. The molecule has 6 nitrogen and oxygen atoms in total. The number of carbonyl (C=O) groups is 2. The first-order valence-electron chi connectivity index (χ1n) is 11.3. The quantitative estimate of drug-likeness (QED) is 0.307. The number of anilines is 1. The standard InChI is InChI=1S/C28H28N2O4/c1-17(2)16-34-21-11-8-10-20(15-21)26(31)24-25(22-12-5-6-14-29-22)30(28(33)27(24)32)23-13-7-9-18(3)19(23)4/h5-15,17,25,31H,16H2,1-4H3/b26-24+. The zero-order valence-electron chi connectivity index (χ0n) is 19.8. The summed E-state index contributed by atoms with van der Waals surface area (Å²) in [4.78, 5) is 32.5. The van der Waals surface area contributed by atoms with E-state index in [1.165, 1.54) is 4.90 Å². The van der Waals surface area contributed by atoms with Gasteiger partial charge < -0.3 is 9.84 Å². The molecule has 1 N–H and O–H groups in total. The molecule has 1 amide bonds. The number of pyridine rings is 1. The average Bonchev–Trinajstić information content (AvgIpc) is 3.10. The molecule has 1 atom stereocenters. The molecule has 0 saturated carbocycles. The number of ketones is 1. The number of aliphatic hydroxyl groups excluding tert-OH is 1. The van der Waals surface area contributed by atoms with Gasteiger partial charge in [0.2, 0.25) is 0 Å². The van der Waals surface area contributed by atoms with Crippen molar-refractivity contribution in [3.8, 4) is 5.75 Å². The second kappa shape index (κ2) is 9.51. The first-order valence-corrected chi connectivity index (χ1v) is 11.3. The van der Waals surface area contributed by atoms with Crippen LogP contribution in [0.4, 0.5) is 5.69 Å². The molecule has 0 bridgehead atoms. The minimum Gasteiger partial charge on any atom is -0.507 e. The third kappa shape index (κ3) is 4.31. The first kappa shape index (κ1) is 23.2. The molecule has 1 fully saturated rings. The number of benzene rings is 2. The van der Waals surface area contributed by atoms with Gasteiger partial charge in [-0.15, -0.1) is 0 Å². The lowest BCUT2D eigenvalue weighted by Gasteiger charge is -2.26. The van der Waals surface area contributed by atoms with Gasteiger partial charge in [-0.05, 0) is 61.2 Å². The van der Waals surface area contributed by atoms with Crippen LogP contribution in [0, 0.1) is 19.8 Å². The summed E-state index contributed by atoms with van der Waals surface area (Å²) in [6, 6.07) is 17.0. The maximum Gasteiger partial charge on any atom is 0.300 e. The fraction of sp³-hybridized carbons (Fsp3) is 0.250. The highest BCUT2D eigenvalue weighted by Crippen LogP contribution is 2.43. The summed E-state index contributed by atoms with van der Waals surface area (Å²) in [5.74, 6) is -0.780. The summed E-state index contributed by atoms with van der Waals surface area (Å²) in [6.07, 6.45) is 1.61. The molecule has 2 aromatic carbocycles. The predicted molar refractivity (Wildman–Crippen MR) is 132 cm³/mol. The van der Waals surface area contributed by atoms with Gasteiger partial charge in [0.05, 0.1) is 17.9 Å². The number of Topliss-reactive ketones (excluding diaryl/α,β-unsaturated/α-hetero) is 1. The number of aliphatic hydroxyl groups is 1. The number of aryl methyl sites for hydroxylation is 1. The smallest absolute Gasteiger partial charge is 0.300 e. The van der Waals surface area contributed by atoms with E-state index in [0.29, 0.717) is 35.2 Å². The lowest BCUT2D eigenvalue weighted by atomic mass is 9.97. The van der Waals surface area contributed by atoms with Gasteiger partial charge in [-0.2, -0.15) is 0 Å². The van der Waals surface area contributed by atoms with Crippen LogP contribution in [0.3, 0.4) is 0 Å². The third-order valence-corrected chi connectivity index (χ3v) is 5.94. The van der Waals surface area contributed by atoms with Crippen molar-refractivity contribution < 1.29 is 19.4 Å². The molecule has 1 aromatic heterocycles. The van der Waals surface area contributed by atoms with Crippen molar-refractivity contribution in [3.05, 3.63) is 94.8 Å². The van der Waals surface area contributed by atoms with Crippen LogP contribution in [-0.2, 0) is 9.59 Å². The van der Waals surface area contributed by atoms with E-state index in [1.807, 2.05) is 45.9 Å². The Bertz CT molecular complexity index is 1260. The summed E-state index contributed by atoms with van der Waals surface area (Å²) < 4.78 is 5.79. The Kier molecular flexibility index (Phi) is 6.50. The Morgan fingerprint density at radius 1 is 1.06 bits per heavy atom. The minimum atomic E-state index is -0.859. The third-order valence-electron chi connectivity index (χ3n) is 5.94. The molecule has 6 heteroatoms. The van der Waals surface area contributed by atoms with E-state index in [9.17, 15) is 14.7 Å². The molecular weight excluding hydrogens is 428 g/mol. The Balaban J connectivity index is 1.88. The van der Waals surface area contributed by atoms with Crippen LogP contribution in [0.5, 0.6) is 5.75 Å². The van der Waals surface area contributed by atoms with Crippen molar-refractivity contribution in [1.29, 1.82) is 0 Å². The summed E-state index contributed by atoms with van der Waals surface area (Å²) in [5, 5.41) is 11.3. The highest BCUT2D eigenvalue weighted by atomic mass is 16.5. The molecule has 1 aliphatic heterocycles. The zero-order chi connectivity index (χ0) is 24.4.